The summed E-state index contributed by atoms with van der Waals surface area (Å²) in [7, 11) is 1.85. The number of anilines is 1. The third kappa shape index (κ3) is 5.29. The number of hydrogen-bond acceptors (Lipinski definition) is 4. The molecule has 0 bridgehead atoms. The largest absolute Gasteiger partial charge is 0.480 e. The van der Waals surface area contributed by atoms with Crippen LogP contribution in [0.25, 0.3) is 0 Å². The Morgan fingerprint density at radius 1 is 1.42 bits per heavy atom. The fourth-order valence-corrected chi connectivity index (χ4v) is 3.43. The monoisotopic (exact) mass is 397 g/mol. The van der Waals surface area contributed by atoms with E-state index < -0.39 is 5.97 Å². The van der Waals surface area contributed by atoms with Crippen LogP contribution in [0, 0.1) is 0 Å². The van der Waals surface area contributed by atoms with Crippen LogP contribution >= 0.6 is 15.9 Å². The van der Waals surface area contributed by atoms with Crippen LogP contribution in [0.5, 0.6) is 0 Å². The number of carboxylic acid groups (broad SMARTS) is 1. The van der Waals surface area contributed by atoms with Crippen molar-refractivity contribution in [2.45, 2.75) is 31.8 Å². The van der Waals surface area contributed by atoms with Crippen LogP contribution < -0.4 is 5.32 Å². The molecule has 1 fully saturated rings. The first kappa shape index (κ1) is 18.9. The molecule has 132 valence electrons. The molecule has 1 aromatic carbocycles. The van der Waals surface area contributed by atoms with Crippen molar-refractivity contribution in [2.24, 2.45) is 0 Å². The maximum atomic E-state index is 12.4. The second-order valence-corrected chi connectivity index (χ2v) is 7.17. The first-order valence-corrected chi connectivity index (χ1v) is 8.88. The summed E-state index contributed by atoms with van der Waals surface area (Å²) in [5.74, 6) is -0.827. The number of nitrogens with zero attached hydrogens (tertiary/aromatic N) is 2. The minimum atomic E-state index is -0.804. The maximum absolute atomic E-state index is 12.4. The lowest BCUT2D eigenvalue weighted by molar-refractivity contribution is -0.138. The molecule has 1 heterocycles. The summed E-state index contributed by atoms with van der Waals surface area (Å²) in [4.78, 5) is 27.3. The van der Waals surface area contributed by atoms with Crippen LogP contribution in [-0.4, -0.2) is 65.5 Å². The Morgan fingerprint density at radius 2 is 2.08 bits per heavy atom. The van der Waals surface area contributed by atoms with Crippen molar-refractivity contribution in [3.05, 3.63) is 28.7 Å². The van der Waals surface area contributed by atoms with E-state index in [0.29, 0.717) is 0 Å². The molecule has 1 unspecified atom stereocenters. The molecule has 0 aromatic heterocycles. The number of carbonyl (C=O) groups is 2. The van der Waals surface area contributed by atoms with E-state index >= 15 is 0 Å². The van der Waals surface area contributed by atoms with Crippen LogP contribution in [0.2, 0.25) is 0 Å². The van der Waals surface area contributed by atoms with Gasteiger partial charge in [0.25, 0.3) is 0 Å². The summed E-state index contributed by atoms with van der Waals surface area (Å²) in [5, 5.41) is 11.8. The van der Waals surface area contributed by atoms with Crippen LogP contribution in [0.4, 0.5) is 5.69 Å². The molecular weight excluding hydrogens is 374 g/mol. The minimum Gasteiger partial charge on any atom is -0.480 e. The topological polar surface area (TPSA) is 72.9 Å². The third-order valence-electron chi connectivity index (χ3n) is 4.53. The molecule has 1 aliphatic rings. The van der Waals surface area contributed by atoms with E-state index in [1.807, 2.05) is 43.1 Å². The van der Waals surface area contributed by atoms with Gasteiger partial charge in [-0.25, -0.2) is 0 Å². The number of hydrogen-bond donors (Lipinski definition) is 2. The number of carbonyl (C=O) groups excluding carboxylic acids is 1. The number of likely N-dealkylation sites (tertiary alicyclic amines) is 1. The van der Waals surface area contributed by atoms with Gasteiger partial charge in [0.05, 0.1) is 12.6 Å². The van der Waals surface area contributed by atoms with Crippen molar-refractivity contribution in [2.75, 3.05) is 32.0 Å². The molecule has 0 saturated carbocycles. The average Bonchev–Trinajstić information content (AvgIpc) is 2.53. The number of benzene rings is 1. The lowest BCUT2D eigenvalue weighted by atomic mass is 10.0. The smallest absolute Gasteiger partial charge is 0.317 e. The Kier molecular flexibility index (Phi) is 6.77. The number of rotatable bonds is 6. The van der Waals surface area contributed by atoms with E-state index in [1.54, 1.807) is 0 Å². The van der Waals surface area contributed by atoms with Crippen molar-refractivity contribution < 1.29 is 14.7 Å². The number of carboxylic acids is 1. The summed E-state index contributed by atoms with van der Waals surface area (Å²) in [5.41, 5.74) is 0.775. The summed E-state index contributed by atoms with van der Waals surface area (Å²) in [6.07, 6.45) is 1.75. The van der Waals surface area contributed by atoms with Crippen molar-refractivity contribution >= 4 is 33.5 Å². The Morgan fingerprint density at radius 3 is 2.67 bits per heavy atom. The number of amides is 1. The van der Waals surface area contributed by atoms with Gasteiger partial charge in [-0.15, -0.1) is 0 Å². The maximum Gasteiger partial charge on any atom is 0.317 e. The van der Waals surface area contributed by atoms with E-state index in [1.165, 1.54) is 0 Å². The Labute approximate surface area is 150 Å². The second-order valence-electron chi connectivity index (χ2n) is 6.25. The molecule has 1 aliphatic heterocycles. The third-order valence-corrected chi connectivity index (χ3v) is 5.02. The number of piperidine rings is 1. The highest BCUT2D eigenvalue weighted by molar-refractivity contribution is 9.10. The number of aliphatic carboxylic acids is 1. The molecular formula is C17H24BrN3O3. The van der Waals surface area contributed by atoms with Gasteiger partial charge >= 0.3 is 5.97 Å². The van der Waals surface area contributed by atoms with Gasteiger partial charge in [-0.3, -0.25) is 19.4 Å². The van der Waals surface area contributed by atoms with E-state index in [0.717, 1.165) is 36.1 Å². The van der Waals surface area contributed by atoms with Crippen LogP contribution in [-0.2, 0) is 9.59 Å². The van der Waals surface area contributed by atoms with Crippen LogP contribution in [0.15, 0.2) is 28.7 Å². The zero-order chi connectivity index (χ0) is 17.7. The molecule has 0 spiro atoms. The molecule has 0 radical (unpaired) electrons. The molecule has 7 heteroatoms. The fourth-order valence-electron chi connectivity index (χ4n) is 3.04. The normalized spacial score (nSPS) is 17.7. The van der Waals surface area contributed by atoms with E-state index in [-0.39, 0.29) is 24.5 Å². The molecule has 2 rings (SSSR count). The molecule has 1 saturated heterocycles. The molecule has 1 aromatic rings. The van der Waals surface area contributed by atoms with Gasteiger partial charge in [-0.2, -0.15) is 0 Å². The SMILES string of the molecule is CC(C(=O)Nc1cccc(Br)c1)N1CCC(N(C)CC(=O)O)CC1. The standard InChI is InChI=1S/C17H24BrN3O3/c1-12(17(24)19-14-5-3-4-13(18)10-14)21-8-6-15(7-9-21)20(2)11-16(22)23/h3-5,10,12,15H,6-9,11H2,1-2H3,(H,19,24)(H,22,23). The average molecular weight is 398 g/mol. The molecule has 1 amide bonds. The number of likely N-dealkylation sites (N-methyl/N-ethyl adjacent to an activating group) is 1. The van der Waals surface area contributed by atoms with Gasteiger partial charge in [0.1, 0.15) is 0 Å². The zero-order valence-electron chi connectivity index (χ0n) is 14.0. The van der Waals surface area contributed by atoms with Crippen molar-refractivity contribution in [3.63, 3.8) is 0 Å². The first-order chi connectivity index (χ1) is 11.4. The van der Waals surface area contributed by atoms with Gasteiger partial charge in [0.15, 0.2) is 0 Å². The van der Waals surface area contributed by atoms with E-state index in [2.05, 4.69) is 26.1 Å². The second kappa shape index (κ2) is 8.60. The quantitative estimate of drug-likeness (QED) is 0.769. The van der Waals surface area contributed by atoms with Crippen molar-refractivity contribution in [1.29, 1.82) is 0 Å². The predicted molar refractivity (Wildman–Crippen MR) is 97.1 cm³/mol. The van der Waals surface area contributed by atoms with Crippen LogP contribution in [0.3, 0.4) is 0 Å². The van der Waals surface area contributed by atoms with Gasteiger partial charge in [-0.1, -0.05) is 22.0 Å². The summed E-state index contributed by atoms with van der Waals surface area (Å²) >= 11 is 3.39. The highest BCUT2D eigenvalue weighted by atomic mass is 79.9. The summed E-state index contributed by atoms with van der Waals surface area (Å²) in [6, 6.07) is 7.58. The lowest BCUT2D eigenvalue weighted by Gasteiger charge is -2.38. The van der Waals surface area contributed by atoms with Gasteiger partial charge in [-0.05, 0) is 45.0 Å². The summed E-state index contributed by atoms with van der Waals surface area (Å²) in [6.45, 7) is 3.56. The molecule has 1 atom stereocenters. The number of halogens is 1. The van der Waals surface area contributed by atoms with Crippen molar-refractivity contribution in [3.8, 4) is 0 Å². The predicted octanol–water partition coefficient (Wildman–Crippen LogP) is 2.26. The van der Waals surface area contributed by atoms with Gasteiger partial charge in [0, 0.05) is 29.3 Å². The Hall–Kier alpha value is -1.44. The van der Waals surface area contributed by atoms with Gasteiger partial charge < -0.3 is 10.4 Å². The highest BCUT2D eigenvalue weighted by Gasteiger charge is 2.28. The fraction of sp³-hybridized carbons (Fsp3) is 0.529. The minimum absolute atomic E-state index is 0.0227. The first-order valence-electron chi connectivity index (χ1n) is 8.09. The molecule has 2 N–H and O–H groups in total. The lowest BCUT2D eigenvalue weighted by Crippen LogP contribution is -2.50. The highest BCUT2D eigenvalue weighted by Crippen LogP contribution is 2.19. The van der Waals surface area contributed by atoms with Gasteiger partial charge in [0.2, 0.25) is 5.91 Å². The molecule has 0 aliphatic carbocycles. The number of nitrogens with one attached hydrogen (secondary N) is 1. The molecule has 6 nitrogen and oxygen atoms in total. The van der Waals surface area contributed by atoms with Crippen LogP contribution in [0.1, 0.15) is 19.8 Å². The van der Waals surface area contributed by atoms with E-state index in [4.69, 9.17) is 5.11 Å². The Bertz CT molecular complexity index is 588. The zero-order valence-corrected chi connectivity index (χ0v) is 15.6. The Balaban J connectivity index is 1.84. The van der Waals surface area contributed by atoms with E-state index in [9.17, 15) is 9.59 Å². The molecule has 24 heavy (non-hydrogen) atoms. The van der Waals surface area contributed by atoms with Crippen molar-refractivity contribution in [1.82, 2.24) is 9.80 Å². The summed E-state index contributed by atoms with van der Waals surface area (Å²) < 4.78 is 0.926.